The summed E-state index contributed by atoms with van der Waals surface area (Å²) < 4.78 is 11.2. The first kappa shape index (κ1) is 18.3. The second-order valence-electron chi connectivity index (χ2n) is 5.30. The van der Waals surface area contributed by atoms with Gasteiger partial charge in [-0.15, -0.1) is 0 Å². The molecule has 0 saturated heterocycles. The summed E-state index contributed by atoms with van der Waals surface area (Å²) in [5.74, 6) is 1.54. The minimum absolute atomic E-state index is 0.594. The van der Waals surface area contributed by atoms with Gasteiger partial charge in [-0.1, -0.05) is 12.2 Å². The fourth-order valence-electron chi connectivity index (χ4n) is 2.15. The number of allylic oxidation sites excluding steroid dienone is 2. The summed E-state index contributed by atoms with van der Waals surface area (Å²) in [6.07, 6.45) is 12.1. The van der Waals surface area contributed by atoms with Crippen LogP contribution in [0.2, 0.25) is 0 Å². The second-order valence-corrected chi connectivity index (χ2v) is 5.30. The maximum absolute atomic E-state index is 5.74. The summed E-state index contributed by atoms with van der Waals surface area (Å²) in [6, 6.07) is 7.77. The minimum Gasteiger partial charge on any atom is -0.496 e. The fourth-order valence-corrected chi connectivity index (χ4v) is 2.15. The van der Waals surface area contributed by atoms with Gasteiger partial charge in [0.2, 0.25) is 0 Å². The van der Waals surface area contributed by atoms with E-state index < -0.39 is 0 Å². The number of aromatic amines is 1. The number of nitrogens with one attached hydrogen (secondary N) is 1. The van der Waals surface area contributed by atoms with E-state index in [0.29, 0.717) is 6.61 Å². The van der Waals surface area contributed by atoms with Gasteiger partial charge in [-0.3, -0.25) is 10.1 Å². The van der Waals surface area contributed by atoms with Crippen LogP contribution in [0.1, 0.15) is 23.4 Å². The van der Waals surface area contributed by atoms with Crippen LogP contribution in [0.4, 0.5) is 0 Å². The summed E-state index contributed by atoms with van der Waals surface area (Å²) in [4.78, 5) is 3.63. The van der Waals surface area contributed by atoms with Gasteiger partial charge < -0.3 is 9.47 Å². The lowest BCUT2D eigenvalue weighted by atomic mass is 10.1. The van der Waals surface area contributed by atoms with Crippen molar-refractivity contribution >= 4 is 18.9 Å². The van der Waals surface area contributed by atoms with Crippen LogP contribution in [-0.2, 0) is 0 Å². The first-order valence-corrected chi connectivity index (χ1v) is 8.01. The van der Waals surface area contributed by atoms with Crippen LogP contribution in [-0.4, -0.2) is 30.6 Å². The molecule has 0 bridgehead atoms. The molecule has 0 aliphatic carbocycles. The van der Waals surface area contributed by atoms with Crippen LogP contribution in [0.5, 0.6) is 11.5 Å². The average Bonchev–Trinajstić information content (AvgIpc) is 3.05. The maximum atomic E-state index is 5.74. The molecule has 1 aromatic carbocycles. The largest absolute Gasteiger partial charge is 0.496 e. The normalized spacial score (nSPS) is 11.6. The van der Waals surface area contributed by atoms with E-state index in [-0.39, 0.29) is 0 Å². The molecule has 0 unspecified atom stereocenters. The third kappa shape index (κ3) is 6.14. The van der Waals surface area contributed by atoms with E-state index in [2.05, 4.69) is 21.9 Å². The predicted octanol–water partition coefficient (Wildman–Crippen LogP) is 4.44. The van der Waals surface area contributed by atoms with Crippen LogP contribution in [0, 0.1) is 6.92 Å². The van der Waals surface area contributed by atoms with Crippen molar-refractivity contribution in [1.29, 1.82) is 0 Å². The van der Waals surface area contributed by atoms with Gasteiger partial charge in [0.05, 0.1) is 19.4 Å². The Kier molecular flexibility index (Phi) is 7.25. The highest BCUT2D eigenvalue weighted by atomic mass is 16.5. The standard InChI is InChI=1S/C20H23N3O2/c1-16-14-18(23-22-16)10-8-17-9-11-19(15-20(17)24-3)25-13-7-5-4-6-12-21-2/h4-6,8-12,14-15H,2,7,13H2,1,3H3,(H,22,23)/b5-4-,10-8+,12-6-. The molecule has 5 heteroatoms. The zero-order valence-electron chi connectivity index (χ0n) is 14.6. The zero-order chi connectivity index (χ0) is 17.9. The summed E-state index contributed by atoms with van der Waals surface area (Å²) in [7, 11) is 1.65. The third-order valence-electron chi connectivity index (χ3n) is 3.36. The highest BCUT2D eigenvalue weighted by molar-refractivity contribution is 5.71. The lowest BCUT2D eigenvalue weighted by Gasteiger charge is -2.09. The van der Waals surface area contributed by atoms with E-state index >= 15 is 0 Å². The Morgan fingerprint density at radius 3 is 2.84 bits per heavy atom. The molecular weight excluding hydrogens is 314 g/mol. The number of H-pyrrole nitrogens is 1. The highest BCUT2D eigenvalue weighted by Gasteiger charge is 2.03. The molecule has 2 aromatic rings. The Labute approximate surface area is 148 Å². The Hall–Kier alpha value is -3.08. The van der Waals surface area contributed by atoms with Crippen molar-refractivity contribution in [3.63, 3.8) is 0 Å². The number of methoxy groups -OCH3 is 1. The first-order chi connectivity index (χ1) is 12.2. The van der Waals surface area contributed by atoms with E-state index in [1.807, 2.05) is 61.6 Å². The molecule has 0 fully saturated rings. The van der Waals surface area contributed by atoms with Gasteiger partial charge in [0, 0.05) is 23.5 Å². The molecular formula is C20H23N3O2. The van der Waals surface area contributed by atoms with E-state index in [0.717, 1.165) is 34.9 Å². The number of hydrogen-bond acceptors (Lipinski definition) is 4. The predicted molar refractivity (Wildman–Crippen MR) is 103 cm³/mol. The molecule has 1 heterocycles. The molecule has 0 spiro atoms. The first-order valence-electron chi connectivity index (χ1n) is 8.01. The van der Waals surface area contributed by atoms with Gasteiger partial charge in [-0.05, 0) is 56.5 Å². The van der Waals surface area contributed by atoms with E-state index in [4.69, 9.17) is 9.47 Å². The molecule has 0 aliphatic rings. The quantitative estimate of drug-likeness (QED) is 0.418. The van der Waals surface area contributed by atoms with Crippen molar-refractivity contribution in [2.24, 2.45) is 4.99 Å². The lowest BCUT2D eigenvalue weighted by Crippen LogP contribution is -1.96. The van der Waals surface area contributed by atoms with Gasteiger partial charge >= 0.3 is 0 Å². The monoisotopic (exact) mass is 337 g/mol. The zero-order valence-corrected chi connectivity index (χ0v) is 14.6. The molecule has 2 rings (SSSR count). The number of hydrogen-bond donors (Lipinski definition) is 1. The van der Waals surface area contributed by atoms with Crippen LogP contribution >= 0.6 is 0 Å². The maximum Gasteiger partial charge on any atom is 0.129 e. The van der Waals surface area contributed by atoms with Crippen LogP contribution in [0.15, 0.2) is 53.7 Å². The van der Waals surface area contributed by atoms with Crippen molar-refractivity contribution in [1.82, 2.24) is 10.2 Å². The van der Waals surface area contributed by atoms with Crippen molar-refractivity contribution in [3.05, 3.63) is 65.6 Å². The van der Waals surface area contributed by atoms with Crippen molar-refractivity contribution in [3.8, 4) is 11.5 Å². The summed E-state index contributed by atoms with van der Waals surface area (Å²) >= 11 is 0. The molecule has 130 valence electrons. The van der Waals surface area contributed by atoms with Gasteiger partial charge in [0.25, 0.3) is 0 Å². The Bertz CT molecular complexity index is 773. The molecule has 0 radical (unpaired) electrons. The highest BCUT2D eigenvalue weighted by Crippen LogP contribution is 2.26. The van der Waals surface area contributed by atoms with E-state index in [9.17, 15) is 0 Å². The molecule has 0 atom stereocenters. The number of aryl methyl sites for hydroxylation is 1. The van der Waals surface area contributed by atoms with Gasteiger partial charge in [-0.2, -0.15) is 5.10 Å². The topological polar surface area (TPSA) is 59.5 Å². The summed E-state index contributed by atoms with van der Waals surface area (Å²) in [6.45, 7) is 5.94. The number of ether oxygens (including phenoxy) is 2. The Morgan fingerprint density at radius 1 is 1.24 bits per heavy atom. The lowest BCUT2D eigenvalue weighted by molar-refractivity contribution is 0.321. The number of aromatic nitrogens is 2. The molecule has 0 aliphatic heterocycles. The van der Waals surface area contributed by atoms with E-state index in [1.54, 1.807) is 13.3 Å². The second kappa shape index (κ2) is 9.93. The van der Waals surface area contributed by atoms with Gasteiger partial charge in [0.1, 0.15) is 11.5 Å². The number of aliphatic imine (C=N–C) groups is 1. The summed E-state index contributed by atoms with van der Waals surface area (Å²) in [5.41, 5.74) is 2.88. The number of rotatable bonds is 9. The Morgan fingerprint density at radius 2 is 2.12 bits per heavy atom. The van der Waals surface area contributed by atoms with Crippen molar-refractivity contribution in [2.45, 2.75) is 13.3 Å². The smallest absolute Gasteiger partial charge is 0.129 e. The molecule has 1 N–H and O–H groups in total. The minimum atomic E-state index is 0.594. The summed E-state index contributed by atoms with van der Waals surface area (Å²) in [5, 5.41) is 7.10. The average molecular weight is 337 g/mol. The molecule has 0 amide bonds. The number of nitrogens with zero attached hydrogens (tertiary/aromatic N) is 2. The van der Waals surface area contributed by atoms with Crippen LogP contribution < -0.4 is 9.47 Å². The van der Waals surface area contributed by atoms with E-state index in [1.165, 1.54) is 0 Å². The van der Waals surface area contributed by atoms with Crippen LogP contribution in [0.25, 0.3) is 12.2 Å². The molecule has 1 aromatic heterocycles. The van der Waals surface area contributed by atoms with Gasteiger partial charge in [0.15, 0.2) is 0 Å². The van der Waals surface area contributed by atoms with Gasteiger partial charge in [-0.25, -0.2) is 0 Å². The molecule has 25 heavy (non-hydrogen) atoms. The molecule has 0 saturated carbocycles. The van der Waals surface area contributed by atoms with Crippen LogP contribution in [0.3, 0.4) is 0 Å². The van der Waals surface area contributed by atoms with Crippen molar-refractivity contribution in [2.75, 3.05) is 13.7 Å². The molecule has 5 nitrogen and oxygen atoms in total. The van der Waals surface area contributed by atoms with Crippen molar-refractivity contribution < 1.29 is 9.47 Å². The number of benzene rings is 1. The third-order valence-corrected chi connectivity index (χ3v) is 3.36. The fraction of sp³-hybridized carbons (Fsp3) is 0.200. The Balaban J connectivity index is 1.94. The SMILES string of the molecule is C=N/C=C\C=C/CCOc1ccc(/C=C/c2cc(C)[nH]n2)c(OC)c1.